The molecule has 4 heteroatoms. The van der Waals surface area contributed by atoms with Gasteiger partial charge in [0, 0.05) is 13.6 Å². The van der Waals surface area contributed by atoms with Crippen LogP contribution in [0.5, 0.6) is 5.75 Å². The van der Waals surface area contributed by atoms with Crippen LogP contribution in [0.25, 0.3) is 0 Å². The van der Waals surface area contributed by atoms with Gasteiger partial charge in [-0.1, -0.05) is 18.2 Å². The van der Waals surface area contributed by atoms with E-state index >= 15 is 0 Å². The van der Waals surface area contributed by atoms with Crippen molar-refractivity contribution in [2.45, 2.75) is 13.5 Å². The summed E-state index contributed by atoms with van der Waals surface area (Å²) < 4.78 is 5.21. The Morgan fingerprint density at radius 1 is 1.24 bits per heavy atom. The maximum absolute atomic E-state index is 11.3. The lowest BCUT2D eigenvalue weighted by Gasteiger charge is -2.22. The van der Waals surface area contributed by atoms with E-state index in [1.165, 1.54) is 0 Å². The number of methoxy groups -OCH3 is 1. The molecule has 110 valence electrons. The van der Waals surface area contributed by atoms with E-state index in [9.17, 15) is 9.90 Å². The minimum Gasteiger partial charge on any atom is -0.497 e. The predicted octanol–water partition coefficient (Wildman–Crippen LogP) is 3.34. The summed E-state index contributed by atoms with van der Waals surface area (Å²) in [4.78, 5) is 13.3. The third-order valence-corrected chi connectivity index (χ3v) is 3.35. The molecule has 0 heterocycles. The Bertz CT molecular complexity index is 652. The first-order valence-corrected chi connectivity index (χ1v) is 6.69. The molecule has 1 N–H and O–H groups in total. The second kappa shape index (κ2) is 6.31. The normalized spacial score (nSPS) is 10.2. The van der Waals surface area contributed by atoms with Gasteiger partial charge >= 0.3 is 5.97 Å². The maximum Gasteiger partial charge on any atom is 0.337 e. The van der Waals surface area contributed by atoms with E-state index in [0.717, 1.165) is 16.9 Å². The van der Waals surface area contributed by atoms with E-state index in [2.05, 4.69) is 0 Å². The van der Waals surface area contributed by atoms with Crippen LogP contribution in [0.15, 0.2) is 42.5 Å². The molecule has 0 aliphatic carbocycles. The van der Waals surface area contributed by atoms with Crippen LogP contribution >= 0.6 is 0 Å². The van der Waals surface area contributed by atoms with Gasteiger partial charge in [-0.3, -0.25) is 0 Å². The number of hydrogen-bond donors (Lipinski definition) is 1. The molecule has 0 saturated heterocycles. The van der Waals surface area contributed by atoms with E-state index in [-0.39, 0.29) is 0 Å². The Hall–Kier alpha value is -2.49. The number of aryl methyl sites for hydroxylation is 1. The van der Waals surface area contributed by atoms with Crippen LogP contribution in [0, 0.1) is 6.92 Å². The summed E-state index contributed by atoms with van der Waals surface area (Å²) >= 11 is 0. The molecule has 2 aromatic rings. The molecular formula is C17H19NO3. The van der Waals surface area contributed by atoms with E-state index in [4.69, 9.17) is 4.74 Å². The summed E-state index contributed by atoms with van der Waals surface area (Å²) in [6.07, 6.45) is 0. The quantitative estimate of drug-likeness (QED) is 0.915. The van der Waals surface area contributed by atoms with Crippen LogP contribution in [0.2, 0.25) is 0 Å². The fourth-order valence-corrected chi connectivity index (χ4v) is 2.27. The molecule has 0 spiro atoms. The number of ether oxygens (including phenoxy) is 1. The molecule has 0 fully saturated rings. The number of hydrogen-bond acceptors (Lipinski definition) is 3. The molecule has 2 aromatic carbocycles. The molecule has 0 bridgehead atoms. The van der Waals surface area contributed by atoms with Crippen LogP contribution in [-0.4, -0.2) is 25.2 Å². The summed E-state index contributed by atoms with van der Waals surface area (Å²) in [6, 6.07) is 13.1. The highest BCUT2D eigenvalue weighted by molar-refractivity contribution is 5.94. The number of benzene rings is 2. The van der Waals surface area contributed by atoms with Gasteiger partial charge < -0.3 is 14.7 Å². The zero-order chi connectivity index (χ0) is 15.4. The van der Waals surface area contributed by atoms with Crippen molar-refractivity contribution in [3.63, 3.8) is 0 Å². The van der Waals surface area contributed by atoms with Gasteiger partial charge in [-0.2, -0.15) is 0 Å². The van der Waals surface area contributed by atoms with Crippen LogP contribution in [0.1, 0.15) is 21.5 Å². The molecule has 0 unspecified atom stereocenters. The highest BCUT2D eigenvalue weighted by Crippen LogP contribution is 2.24. The smallest absolute Gasteiger partial charge is 0.337 e. The highest BCUT2D eigenvalue weighted by atomic mass is 16.5. The van der Waals surface area contributed by atoms with Crippen molar-refractivity contribution in [1.29, 1.82) is 0 Å². The summed E-state index contributed by atoms with van der Waals surface area (Å²) in [5.74, 6) is -0.119. The number of carboxylic acids is 1. The second-order valence-corrected chi connectivity index (χ2v) is 5.03. The maximum atomic E-state index is 11.3. The lowest BCUT2D eigenvalue weighted by molar-refractivity contribution is 0.0697. The van der Waals surface area contributed by atoms with Crippen molar-refractivity contribution in [3.05, 3.63) is 59.2 Å². The average Bonchev–Trinajstić information content (AvgIpc) is 2.47. The molecule has 21 heavy (non-hydrogen) atoms. The van der Waals surface area contributed by atoms with E-state index in [1.54, 1.807) is 13.2 Å². The minimum absolute atomic E-state index is 0.311. The molecule has 2 rings (SSSR count). The summed E-state index contributed by atoms with van der Waals surface area (Å²) in [5.41, 5.74) is 3.12. The molecule has 0 aliphatic rings. The Labute approximate surface area is 124 Å². The lowest BCUT2D eigenvalue weighted by Crippen LogP contribution is -2.19. The number of carbonyl (C=O) groups is 1. The predicted molar refractivity (Wildman–Crippen MR) is 83.2 cm³/mol. The van der Waals surface area contributed by atoms with Crippen LogP contribution in [-0.2, 0) is 6.54 Å². The first kappa shape index (κ1) is 14.9. The molecule has 0 amide bonds. The first-order valence-electron chi connectivity index (χ1n) is 6.69. The van der Waals surface area contributed by atoms with Crippen molar-refractivity contribution in [3.8, 4) is 5.75 Å². The van der Waals surface area contributed by atoms with E-state index in [1.807, 2.05) is 55.3 Å². The van der Waals surface area contributed by atoms with Gasteiger partial charge in [-0.15, -0.1) is 0 Å². The van der Waals surface area contributed by atoms with Gasteiger partial charge in [0.15, 0.2) is 0 Å². The zero-order valence-electron chi connectivity index (χ0n) is 12.5. The fraction of sp³-hybridized carbons (Fsp3) is 0.235. The van der Waals surface area contributed by atoms with Crippen molar-refractivity contribution < 1.29 is 14.6 Å². The molecule has 4 nitrogen and oxygen atoms in total. The largest absolute Gasteiger partial charge is 0.497 e. The molecule has 0 atom stereocenters. The van der Waals surface area contributed by atoms with Crippen molar-refractivity contribution in [2.24, 2.45) is 0 Å². The van der Waals surface area contributed by atoms with Gasteiger partial charge in [-0.25, -0.2) is 4.79 Å². The van der Waals surface area contributed by atoms with Crippen molar-refractivity contribution in [2.75, 3.05) is 19.1 Å². The molecule has 0 aliphatic heterocycles. The summed E-state index contributed by atoms with van der Waals surface area (Å²) in [7, 11) is 3.52. The highest BCUT2D eigenvalue weighted by Gasteiger charge is 2.14. The SMILES string of the molecule is COc1cccc(CN(C)c2cc(C)ccc2C(=O)O)c1. The van der Waals surface area contributed by atoms with Crippen LogP contribution in [0.4, 0.5) is 5.69 Å². The Morgan fingerprint density at radius 3 is 2.67 bits per heavy atom. The van der Waals surface area contributed by atoms with E-state index in [0.29, 0.717) is 17.8 Å². The summed E-state index contributed by atoms with van der Waals surface area (Å²) in [5, 5.41) is 9.31. The summed E-state index contributed by atoms with van der Waals surface area (Å²) in [6.45, 7) is 2.56. The van der Waals surface area contributed by atoms with Crippen molar-refractivity contribution in [1.82, 2.24) is 0 Å². The Kier molecular flexibility index (Phi) is 4.48. The third-order valence-electron chi connectivity index (χ3n) is 3.35. The van der Waals surface area contributed by atoms with Crippen molar-refractivity contribution >= 4 is 11.7 Å². The lowest BCUT2D eigenvalue weighted by atomic mass is 10.1. The molecular weight excluding hydrogens is 266 g/mol. The number of aromatic carboxylic acids is 1. The topological polar surface area (TPSA) is 49.8 Å². The standard InChI is InChI=1S/C17H19NO3/c1-12-7-8-15(17(19)20)16(9-12)18(2)11-13-5-4-6-14(10-13)21-3/h4-10H,11H2,1-3H3,(H,19,20). The van der Waals surface area contributed by atoms with Gasteiger partial charge in [0.25, 0.3) is 0 Å². The third kappa shape index (κ3) is 3.54. The Morgan fingerprint density at radius 2 is 2.00 bits per heavy atom. The average molecular weight is 285 g/mol. The monoisotopic (exact) mass is 285 g/mol. The Balaban J connectivity index is 2.29. The number of rotatable bonds is 5. The van der Waals surface area contributed by atoms with Gasteiger partial charge in [0.05, 0.1) is 18.4 Å². The molecule has 0 saturated carbocycles. The van der Waals surface area contributed by atoms with Gasteiger partial charge in [0.2, 0.25) is 0 Å². The van der Waals surface area contributed by atoms with Crippen LogP contribution in [0.3, 0.4) is 0 Å². The molecule has 0 radical (unpaired) electrons. The number of nitrogens with zero attached hydrogens (tertiary/aromatic N) is 1. The van der Waals surface area contributed by atoms with Crippen LogP contribution < -0.4 is 9.64 Å². The van der Waals surface area contributed by atoms with E-state index < -0.39 is 5.97 Å². The van der Waals surface area contributed by atoms with Gasteiger partial charge in [0.1, 0.15) is 5.75 Å². The minimum atomic E-state index is -0.914. The number of carboxylic acid groups (broad SMARTS) is 1. The molecule has 0 aromatic heterocycles. The van der Waals surface area contributed by atoms with Gasteiger partial charge in [-0.05, 0) is 42.3 Å². The number of anilines is 1. The second-order valence-electron chi connectivity index (χ2n) is 5.03. The fourth-order valence-electron chi connectivity index (χ4n) is 2.27. The first-order chi connectivity index (χ1) is 10.0. The zero-order valence-corrected chi connectivity index (χ0v) is 12.5.